The molecule has 0 saturated heterocycles. The normalized spacial score (nSPS) is 10.8. The highest BCUT2D eigenvalue weighted by Crippen LogP contribution is 2.27. The number of benzene rings is 2. The van der Waals surface area contributed by atoms with Crippen LogP contribution in [-0.4, -0.2) is 22.7 Å². The number of ether oxygens (including phenoxy) is 1. The van der Waals surface area contributed by atoms with Gasteiger partial charge in [0.1, 0.15) is 5.75 Å². The molecule has 0 spiro atoms. The number of amides is 2. The summed E-state index contributed by atoms with van der Waals surface area (Å²) < 4.78 is 6.82. The van der Waals surface area contributed by atoms with Gasteiger partial charge in [-0.05, 0) is 61.4 Å². The highest BCUT2D eigenvalue weighted by Gasteiger charge is 2.13. The van der Waals surface area contributed by atoms with Gasteiger partial charge in [-0.2, -0.15) is 0 Å². The largest absolute Gasteiger partial charge is 0.497 e. The van der Waals surface area contributed by atoms with Gasteiger partial charge in [0.2, 0.25) is 0 Å². The van der Waals surface area contributed by atoms with Crippen molar-refractivity contribution >= 4 is 28.3 Å². The fraction of sp³-hybridized carbons (Fsp3) is 0.160. The van der Waals surface area contributed by atoms with Gasteiger partial charge in [-0.3, -0.25) is 9.78 Å². The Labute approximate surface area is 185 Å². The fourth-order valence-electron chi connectivity index (χ4n) is 3.64. The van der Waals surface area contributed by atoms with E-state index in [1.165, 1.54) is 0 Å². The Morgan fingerprint density at radius 1 is 0.969 bits per heavy atom. The van der Waals surface area contributed by atoms with Crippen LogP contribution < -0.4 is 20.9 Å². The first kappa shape index (κ1) is 21.1. The van der Waals surface area contributed by atoms with E-state index in [4.69, 9.17) is 4.74 Å². The minimum atomic E-state index is -0.390. The number of hydrogen-bond acceptors (Lipinski definition) is 4. The second-order valence-electron chi connectivity index (χ2n) is 7.65. The molecule has 0 radical (unpaired) electrons. The number of anilines is 2. The molecular formula is C25H24N4O3. The molecule has 2 aromatic heterocycles. The zero-order chi connectivity index (χ0) is 22.8. The first-order valence-corrected chi connectivity index (χ1v) is 10.1. The molecule has 2 amide bonds. The smallest absolute Gasteiger partial charge is 0.323 e. The van der Waals surface area contributed by atoms with E-state index in [-0.39, 0.29) is 11.6 Å². The number of pyridine rings is 2. The molecule has 7 nitrogen and oxygen atoms in total. The Morgan fingerprint density at radius 3 is 2.47 bits per heavy atom. The molecule has 0 saturated carbocycles. The van der Waals surface area contributed by atoms with Crippen LogP contribution in [0.15, 0.2) is 65.6 Å². The van der Waals surface area contributed by atoms with E-state index in [1.807, 2.05) is 38.1 Å². The van der Waals surface area contributed by atoms with E-state index in [0.717, 1.165) is 27.7 Å². The lowest BCUT2D eigenvalue weighted by Gasteiger charge is -2.13. The summed E-state index contributed by atoms with van der Waals surface area (Å²) in [5.74, 6) is 0.650. The van der Waals surface area contributed by atoms with Crippen LogP contribution in [0.1, 0.15) is 11.3 Å². The first-order valence-electron chi connectivity index (χ1n) is 10.1. The van der Waals surface area contributed by atoms with Gasteiger partial charge < -0.3 is 19.9 Å². The summed E-state index contributed by atoms with van der Waals surface area (Å²) in [5, 5.41) is 6.49. The van der Waals surface area contributed by atoms with E-state index >= 15 is 0 Å². The molecule has 162 valence electrons. The average Bonchev–Trinajstić information content (AvgIpc) is 2.78. The van der Waals surface area contributed by atoms with Gasteiger partial charge in [-0.1, -0.05) is 12.1 Å². The number of rotatable bonds is 4. The number of carbonyl (C=O) groups excluding carboxylic acids is 1. The Hall–Kier alpha value is -4.13. The molecule has 4 aromatic rings. The molecule has 0 aliphatic heterocycles. The van der Waals surface area contributed by atoms with Gasteiger partial charge in [-0.25, -0.2) is 4.79 Å². The zero-order valence-corrected chi connectivity index (χ0v) is 18.4. The highest BCUT2D eigenvalue weighted by atomic mass is 16.5. The molecule has 0 aliphatic rings. The van der Waals surface area contributed by atoms with Crippen molar-refractivity contribution in [2.75, 3.05) is 17.7 Å². The lowest BCUT2D eigenvalue weighted by molar-refractivity contribution is 0.262. The second-order valence-corrected chi connectivity index (χ2v) is 7.65. The topological polar surface area (TPSA) is 85.2 Å². The monoisotopic (exact) mass is 428 g/mol. The number of hydrogen-bond donors (Lipinski definition) is 2. The Kier molecular flexibility index (Phi) is 5.64. The van der Waals surface area contributed by atoms with Crippen molar-refractivity contribution < 1.29 is 9.53 Å². The second kappa shape index (κ2) is 8.55. The lowest BCUT2D eigenvalue weighted by atomic mass is 9.99. The predicted molar refractivity (Wildman–Crippen MR) is 128 cm³/mol. The first-order chi connectivity index (χ1) is 15.4. The maximum absolute atomic E-state index is 13.1. The summed E-state index contributed by atoms with van der Waals surface area (Å²) in [6, 6.07) is 16.0. The van der Waals surface area contributed by atoms with Gasteiger partial charge in [0.25, 0.3) is 5.56 Å². The number of nitrogens with zero attached hydrogens (tertiary/aromatic N) is 2. The van der Waals surface area contributed by atoms with Crippen LogP contribution in [0.4, 0.5) is 16.2 Å². The molecule has 0 aliphatic carbocycles. The van der Waals surface area contributed by atoms with Gasteiger partial charge >= 0.3 is 6.03 Å². The van der Waals surface area contributed by atoms with Crippen LogP contribution in [0.3, 0.4) is 0 Å². The molecule has 2 N–H and O–H groups in total. The molecule has 0 atom stereocenters. The van der Waals surface area contributed by atoms with Gasteiger partial charge in [0.15, 0.2) is 0 Å². The van der Waals surface area contributed by atoms with Crippen molar-refractivity contribution in [2.24, 2.45) is 7.05 Å². The molecule has 4 rings (SSSR count). The Balaban J connectivity index is 1.66. The minimum absolute atomic E-state index is 0.107. The van der Waals surface area contributed by atoms with Crippen molar-refractivity contribution in [3.8, 4) is 16.9 Å². The summed E-state index contributed by atoms with van der Waals surface area (Å²) in [6.45, 7) is 3.83. The summed E-state index contributed by atoms with van der Waals surface area (Å²) in [5.41, 5.74) is 5.01. The number of urea groups is 1. The summed E-state index contributed by atoms with van der Waals surface area (Å²) >= 11 is 0. The molecule has 0 unspecified atom stereocenters. The van der Waals surface area contributed by atoms with Crippen LogP contribution in [0.5, 0.6) is 5.75 Å². The fourth-order valence-corrected chi connectivity index (χ4v) is 3.64. The van der Waals surface area contributed by atoms with E-state index in [9.17, 15) is 9.59 Å². The van der Waals surface area contributed by atoms with Crippen molar-refractivity contribution in [3.63, 3.8) is 0 Å². The molecule has 32 heavy (non-hydrogen) atoms. The third-order valence-electron chi connectivity index (χ3n) is 5.36. The van der Waals surface area contributed by atoms with Crippen molar-refractivity contribution in [3.05, 3.63) is 82.4 Å². The average molecular weight is 428 g/mol. The van der Waals surface area contributed by atoms with Gasteiger partial charge in [-0.15, -0.1) is 0 Å². The van der Waals surface area contributed by atoms with Crippen molar-refractivity contribution in [2.45, 2.75) is 13.8 Å². The molecule has 7 heteroatoms. The zero-order valence-electron chi connectivity index (χ0n) is 18.4. The number of carbonyl (C=O) groups is 1. The van der Waals surface area contributed by atoms with Crippen LogP contribution in [-0.2, 0) is 7.05 Å². The molecular weight excluding hydrogens is 404 g/mol. The standard InChI is InChI=1S/C25H24N4O3/c1-15-8-9-19(28-25(31)27-18-6-5-7-20(12-18)32-4)13-21(15)22-11-17-14-26-16(2)10-23(17)29(3)24(22)30/h5-14H,1-4H3,(H2,27,28,31). The SMILES string of the molecule is COc1cccc(NC(=O)Nc2ccc(C)c(-c3cc4cnc(C)cc4n(C)c3=O)c2)c1. The van der Waals surface area contributed by atoms with Crippen LogP contribution in [0, 0.1) is 13.8 Å². The maximum atomic E-state index is 13.1. The van der Waals surface area contributed by atoms with E-state index in [1.54, 1.807) is 55.3 Å². The molecule has 0 fully saturated rings. The highest BCUT2D eigenvalue weighted by molar-refractivity contribution is 6.00. The Morgan fingerprint density at radius 2 is 1.72 bits per heavy atom. The number of fused-ring (bicyclic) bond motifs is 1. The molecule has 2 heterocycles. The minimum Gasteiger partial charge on any atom is -0.497 e. The summed E-state index contributed by atoms with van der Waals surface area (Å²) in [6.07, 6.45) is 1.77. The third kappa shape index (κ3) is 4.18. The number of nitrogens with one attached hydrogen (secondary N) is 2. The number of methoxy groups -OCH3 is 1. The number of aromatic nitrogens is 2. The number of aryl methyl sites for hydroxylation is 3. The van der Waals surface area contributed by atoms with Gasteiger partial charge in [0, 0.05) is 47.3 Å². The van der Waals surface area contributed by atoms with Gasteiger partial charge in [0.05, 0.1) is 12.6 Å². The lowest BCUT2D eigenvalue weighted by Crippen LogP contribution is -2.20. The quantitative estimate of drug-likeness (QED) is 0.486. The predicted octanol–water partition coefficient (Wildman–Crippen LogP) is 4.87. The summed E-state index contributed by atoms with van der Waals surface area (Å²) in [4.78, 5) is 30.0. The molecule has 0 bridgehead atoms. The van der Waals surface area contributed by atoms with Crippen molar-refractivity contribution in [1.82, 2.24) is 9.55 Å². The van der Waals surface area contributed by atoms with Crippen molar-refractivity contribution in [1.29, 1.82) is 0 Å². The van der Waals surface area contributed by atoms with Crippen LogP contribution >= 0.6 is 0 Å². The molecule has 2 aromatic carbocycles. The Bertz CT molecular complexity index is 1390. The van der Waals surface area contributed by atoms with E-state index in [2.05, 4.69) is 15.6 Å². The summed E-state index contributed by atoms with van der Waals surface area (Å²) in [7, 11) is 3.33. The van der Waals surface area contributed by atoms with Crippen LogP contribution in [0.2, 0.25) is 0 Å². The maximum Gasteiger partial charge on any atom is 0.323 e. The van der Waals surface area contributed by atoms with E-state index in [0.29, 0.717) is 22.7 Å². The third-order valence-corrected chi connectivity index (χ3v) is 5.36. The van der Waals surface area contributed by atoms with E-state index < -0.39 is 0 Å². The van der Waals surface area contributed by atoms with Crippen LogP contribution in [0.25, 0.3) is 22.0 Å².